The average molecular weight is 194 g/mol. The van der Waals surface area contributed by atoms with Crippen LogP contribution in [-0.4, -0.2) is 23.9 Å². The first-order chi connectivity index (χ1) is 6.55. The van der Waals surface area contributed by atoms with Crippen LogP contribution in [0.1, 0.15) is 33.6 Å². The second kappa shape index (κ2) is 4.00. The van der Waals surface area contributed by atoms with Crippen molar-refractivity contribution in [2.45, 2.75) is 33.6 Å². The van der Waals surface area contributed by atoms with Crippen LogP contribution in [-0.2, 0) is 4.79 Å². The first-order valence-electron chi connectivity index (χ1n) is 5.26. The number of carbonyl (C=O) groups is 1. The smallest absolute Gasteiger partial charge is 0.243 e. The fourth-order valence-electron chi connectivity index (χ4n) is 1.60. The second-order valence-electron chi connectivity index (χ2n) is 4.43. The number of amides is 1. The monoisotopic (exact) mass is 194 g/mol. The van der Waals surface area contributed by atoms with Crippen molar-refractivity contribution < 1.29 is 4.79 Å². The van der Waals surface area contributed by atoms with Gasteiger partial charge in [0.05, 0.1) is 6.07 Å². The predicted octanol–water partition coefficient (Wildman–Crippen LogP) is 1.79. The van der Waals surface area contributed by atoms with Crippen molar-refractivity contribution in [3.05, 3.63) is 0 Å². The standard InChI is InChI=1S/C11H18N2O/c1-4-13(7-9(2)3)10(14)11(8-12)5-6-11/h9H,4-7H2,1-3H3. The molecule has 14 heavy (non-hydrogen) atoms. The number of carbonyl (C=O) groups excluding carboxylic acids is 1. The summed E-state index contributed by atoms with van der Waals surface area (Å²) in [5.74, 6) is 0.504. The molecule has 0 atom stereocenters. The molecule has 0 aromatic carbocycles. The molecule has 0 N–H and O–H groups in total. The zero-order valence-electron chi connectivity index (χ0n) is 9.21. The first kappa shape index (κ1) is 11.0. The summed E-state index contributed by atoms with van der Waals surface area (Å²) in [6.45, 7) is 7.61. The Labute approximate surface area is 85.7 Å². The van der Waals surface area contributed by atoms with Crippen LogP contribution >= 0.6 is 0 Å². The molecule has 0 aromatic heterocycles. The lowest BCUT2D eigenvalue weighted by molar-refractivity contribution is -0.135. The number of nitriles is 1. The first-order valence-corrected chi connectivity index (χ1v) is 5.26. The molecule has 1 rings (SSSR count). The normalized spacial score (nSPS) is 17.6. The van der Waals surface area contributed by atoms with Gasteiger partial charge in [0, 0.05) is 13.1 Å². The summed E-state index contributed by atoms with van der Waals surface area (Å²) >= 11 is 0. The predicted molar refractivity (Wildman–Crippen MR) is 54.4 cm³/mol. The van der Waals surface area contributed by atoms with Gasteiger partial charge in [-0.05, 0) is 25.7 Å². The average Bonchev–Trinajstić information content (AvgIpc) is 2.93. The van der Waals surface area contributed by atoms with Crippen molar-refractivity contribution >= 4 is 5.91 Å². The third-order valence-electron chi connectivity index (χ3n) is 2.63. The van der Waals surface area contributed by atoms with E-state index >= 15 is 0 Å². The van der Waals surface area contributed by atoms with Crippen molar-refractivity contribution in [1.82, 2.24) is 4.90 Å². The van der Waals surface area contributed by atoms with Crippen LogP contribution in [0.25, 0.3) is 0 Å². The van der Waals surface area contributed by atoms with Gasteiger partial charge in [0.25, 0.3) is 0 Å². The Kier molecular flexibility index (Phi) is 3.15. The molecule has 3 heteroatoms. The third kappa shape index (κ3) is 2.06. The molecule has 0 saturated heterocycles. The van der Waals surface area contributed by atoms with Crippen LogP contribution < -0.4 is 0 Å². The fourth-order valence-corrected chi connectivity index (χ4v) is 1.60. The summed E-state index contributed by atoms with van der Waals surface area (Å²) in [6.07, 6.45) is 1.49. The van der Waals surface area contributed by atoms with E-state index < -0.39 is 5.41 Å². The minimum atomic E-state index is -0.648. The fraction of sp³-hybridized carbons (Fsp3) is 0.818. The van der Waals surface area contributed by atoms with Crippen LogP contribution in [0.5, 0.6) is 0 Å². The zero-order chi connectivity index (χ0) is 10.8. The third-order valence-corrected chi connectivity index (χ3v) is 2.63. The van der Waals surface area contributed by atoms with Gasteiger partial charge in [-0.15, -0.1) is 0 Å². The molecule has 1 aliphatic rings. The Morgan fingerprint density at radius 1 is 1.57 bits per heavy atom. The lowest BCUT2D eigenvalue weighted by Gasteiger charge is -2.24. The van der Waals surface area contributed by atoms with Crippen LogP contribution in [0, 0.1) is 22.7 Å². The Hall–Kier alpha value is -1.04. The SMILES string of the molecule is CCN(CC(C)C)C(=O)C1(C#N)CC1. The van der Waals surface area contributed by atoms with Gasteiger partial charge in [0.2, 0.25) is 5.91 Å². The van der Waals surface area contributed by atoms with Crippen molar-refractivity contribution in [3.63, 3.8) is 0 Å². The van der Waals surface area contributed by atoms with Gasteiger partial charge in [-0.25, -0.2) is 0 Å². The zero-order valence-corrected chi connectivity index (χ0v) is 9.21. The maximum Gasteiger partial charge on any atom is 0.243 e. The summed E-state index contributed by atoms with van der Waals surface area (Å²) in [4.78, 5) is 13.7. The highest BCUT2D eigenvalue weighted by Crippen LogP contribution is 2.46. The highest BCUT2D eigenvalue weighted by atomic mass is 16.2. The van der Waals surface area contributed by atoms with Gasteiger partial charge in [0.15, 0.2) is 0 Å². The maximum absolute atomic E-state index is 11.9. The maximum atomic E-state index is 11.9. The van der Waals surface area contributed by atoms with E-state index in [1.165, 1.54) is 0 Å². The molecule has 3 nitrogen and oxygen atoms in total. The number of rotatable bonds is 4. The van der Waals surface area contributed by atoms with Gasteiger partial charge >= 0.3 is 0 Å². The van der Waals surface area contributed by atoms with Crippen molar-refractivity contribution in [2.24, 2.45) is 11.3 Å². The number of hydrogen-bond donors (Lipinski definition) is 0. The van der Waals surface area contributed by atoms with Gasteiger partial charge in [-0.3, -0.25) is 4.79 Å². The topological polar surface area (TPSA) is 44.1 Å². The molecule has 0 unspecified atom stereocenters. The molecule has 0 aliphatic heterocycles. The minimum Gasteiger partial charge on any atom is -0.341 e. The lowest BCUT2D eigenvalue weighted by atomic mass is 10.1. The molecule has 1 amide bonds. The van der Waals surface area contributed by atoms with E-state index in [4.69, 9.17) is 5.26 Å². The summed E-state index contributed by atoms with van der Waals surface area (Å²) in [5.41, 5.74) is -0.648. The molecule has 0 spiro atoms. The van der Waals surface area contributed by atoms with E-state index in [0.29, 0.717) is 12.5 Å². The molecule has 0 heterocycles. The molecular formula is C11H18N2O. The van der Waals surface area contributed by atoms with Crippen LogP contribution in [0.3, 0.4) is 0 Å². The van der Waals surface area contributed by atoms with Gasteiger partial charge in [-0.2, -0.15) is 5.26 Å². The van der Waals surface area contributed by atoms with Crippen molar-refractivity contribution in [1.29, 1.82) is 5.26 Å². The molecule has 1 saturated carbocycles. The van der Waals surface area contributed by atoms with Gasteiger partial charge < -0.3 is 4.90 Å². The minimum absolute atomic E-state index is 0.0381. The largest absolute Gasteiger partial charge is 0.341 e. The summed E-state index contributed by atoms with van der Waals surface area (Å²) in [7, 11) is 0. The molecular weight excluding hydrogens is 176 g/mol. The lowest BCUT2D eigenvalue weighted by Crippen LogP contribution is -2.38. The molecule has 0 bridgehead atoms. The van der Waals surface area contributed by atoms with E-state index in [0.717, 1.165) is 19.4 Å². The Balaban J connectivity index is 2.62. The summed E-state index contributed by atoms with van der Waals surface area (Å²) < 4.78 is 0. The van der Waals surface area contributed by atoms with E-state index in [2.05, 4.69) is 19.9 Å². The van der Waals surface area contributed by atoms with Crippen molar-refractivity contribution in [3.8, 4) is 6.07 Å². The molecule has 1 fully saturated rings. The second-order valence-corrected chi connectivity index (χ2v) is 4.43. The molecule has 1 aliphatic carbocycles. The van der Waals surface area contributed by atoms with Crippen LogP contribution in [0.2, 0.25) is 0 Å². The highest BCUT2D eigenvalue weighted by Gasteiger charge is 2.52. The molecule has 78 valence electrons. The van der Waals surface area contributed by atoms with E-state index in [1.54, 1.807) is 4.90 Å². The Bertz CT molecular complexity index is 261. The summed E-state index contributed by atoms with van der Waals surface area (Å²) in [6, 6.07) is 2.15. The quantitative estimate of drug-likeness (QED) is 0.685. The van der Waals surface area contributed by atoms with Gasteiger partial charge in [-0.1, -0.05) is 13.8 Å². The molecule has 0 radical (unpaired) electrons. The molecule has 0 aromatic rings. The number of nitrogens with zero attached hydrogens (tertiary/aromatic N) is 2. The van der Waals surface area contributed by atoms with Crippen molar-refractivity contribution in [2.75, 3.05) is 13.1 Å². The van der Waals surface area contributed by atoms with E-state index in [-0.39, 0.29) is 5.91 Å². The van der Waals surface area contributed by atoms with Gasteiger partial charge in [0.1, 0.15) is 5.41 Å². The van der Waals surface area contributed by atoms with Crippen LogP contribution in [0.15, 0.2) is 0 Å². The van der Waals surface area contributed by atoms with Crippen LogP contribution in [0.4, 0.5) is 0 Å². The summed E-state index contributed by atoms with van der Waals surface area (Å²) in [5, 5.41) is 8.91. The highest BCUT2D eigenvalue weighted by molar-refractivity contribution is 5.88. The van der Waals surface area contributed by atoms with E-state index in [9.17, 15) is 4.79 Å². The Morgan fingerprint density at radius 3 is 2.43 bits per heavy atom. The number of hydrogen-bond acceptors (Lipinski definition) is 2. The van der Waals surface area contributed by atoms with E-state index in [1.807, 2.05) is 6.92 Å². The Morgan fingerprint density at radius 2 is 2.14 bits per heavy atom.